The van der Waals surface area contributed by atoms with E-state index in [1.54, 1.807) is 0 Å². The van der Waals surface area contributed by atoms with Gasteiger partial charge in [0.2, 0.25) is 5.91 Å². The van der Waals surface area contributed by atoms with E-state index in [1.807, 2.05) is 30.3 Å². The summed E-state index contributed by atoms with van der Waals surface area (Å²) in [5.74, 6) is 0.219. The zero-order chi connectivity index (χ0) is 13.1. The second-order valence-electron chi connectivity index (χ2n) is 5.06. The highest BCUT2D eigenvalue weighted by Crippen LogP contribution is 2.24. The predicted molar refractivity (Wildman–Crippen MR) is 78.2 cm³/mol. The molecule has 0 aliphatic carbocycles. The molecule has 0 saturated carbocycles. The number of carbonyl (C=O) groups is 1. The Hall–Kier alpha value is -1.87. The van der Waals surface area contributed by atoms with E-state index in [2.05, 4.69) is 22.8 Å². The quantitative estimate of drug-likeness (QED) is 0.865. The van der Waals surface area contributed by atoms with E-state index >= 15 is 0 Å². The minimum atomic E-state index is 0.0905. The summed E-state index contributed by atoms with van der Waals surface area (Å²) in [5, 5.41) is 8.61. The van der Waals surface area contributed by atoms with Gasteiger partial charge in [0.25, 0.3) is 0 Å². The van der Waals surface area contributed by atoms with Crippen molar-refractivity contribution >= 4 is 22.4 Å². The topological polar surface area (TPSA) is 41.1 Å². The number of hydrogen-bond donors (Lipinski definition) is 2. The molecule has 0 radical (unpaired) electrons. The van der Waals surface area contributed by atoms with Crippen LogP contribution in [0.4, 0.5) is 5.69 Å². The first-order valence-corrected chi connectivity index (χ1v) is 6.84. The molecule has 0 spiro atoms. The maximum atomic E-state index is 12.3. The number of rotatable bonds is 2. The first-order valence-electron chi connectivity index (χ1n) is 6.84. The molecule has 0 aromatic heterocycles. The highest BCUT2D eigenvalue weighted by Gasteiger charge is 2.21. The molecule has 98 valence electrons. The average molecular weight is 254 g/mol. The van der Waals surface area contributed by atoms with Gasteiger partial charge in [0, 0.05) is 17.6 Å². The lowest BCUT2D eigenvalue weighted by molar-refractivity contribution is -0.120. The van der Waals surface area contributed by atoms with Crippen molar-refractivity contribution < 1.29 is 4.79 Å². The van der Waals surface area contributed by atoms with E-state index < -0.39 is 0 Å². The van der Waals surface area contributed by atoms with Gasteiger partial charge in [0.15, 0.2) is 0 Å². The fraction of sp³-hybridized carbons (Fsp3) is 0.312. The molecule has 1 aliphatic rings. The van der Waals surface area contributed by atoms with Crippen molar-refractivity contribution in [1.29, 1.82) is 0 Å². The van der Waals surface area contributed by atoms with Gasteiger partial charge in [0.05, 0.1) is 5.92 Å². The van der Waals surface area contributed by atoms with E-state index in [0.29, 0.717) is 0 Å². The first kappa shape index (κ1) is 12.2. The second-order valence-corrected chi connectivity index (χ2v) is 5.06. The molecule has 1 amide bonds. The van der Waals surface area contributed by atoms with Crippen LogP contribution in [-0.2, 0) is 4.79 Å². The highest BCUT2D eigenvalue weighted by atomic mass is 16.1. The standard InChI is InChI=1S/C16H18N2O/c19-16(13-7-4-10-17-11-13)18-15-9-3-6-12-5-1-2-8-14(12)15/h1-3,5-6,8-9,13,17H,4,7,10-11H2,(H,18,19). The number of anilines is 1. The van der Waals surface area contributed by atoms with Crippen molar-refractivity contribution in [3.8, 4) is 0 Å². The molecule has 1 heterocycles. The van der Waals surface area contributed by atoms with Gasteiger partial charge in [0.1, 0.15) is 0 Å². The molecular weight excluding hydrogens is 236 g/mol. The summed E-state index contributed by atoms with van der Waals surface area (Å²) in [7, 11) is 0. The molecule has 3 rings (SSSR count). The zero-order valence-electron chi connectivity index (χ0n) is 10.9. The van der Waals surface area contributed by atoms with Crippen LogP contribution in [0.3, 0.4) is 0 Å². The van der Waals surface area contributed by atoms with Gasteiger partial charge in [-0.25, -0.2) is 0 Å². The number of fused-ring (bicyclic) bond motifs is 1. The lowest BCUT2D eigenvalue weighted by Gasteiger charge is -2.22. The van der Waals surface area contributed by atoms with E-state index in [1.165, 1.54) is 0 Å². The van der Waals surface area contributed by atoms with Crippen LogP contribution >= 0.6 is 0 Å². The number of benzene rings is 2. The third-order valence-electron chi connectivity index (χ3n) is 3.72. The van der Waals surface area contributed by atoms with Gasteiger partial charge in [-0.15, -0.1) is 0 Å². The minimum Gasteiger partial charge on any atom is -0.325 e. The van der Waals surface area contributed by atoms with Crippen LogP contribution < -0.4 is 10.6 Å². The molecule has 3 heteroatoms. The van der Waals surface area contributed by atoms with Crippen molar-refractivity contribution in [2.45, 2.75) is 12.8 Å². The monoisotopic (exact) mass is 254 g/mol. The summed E-state index contributed by atoms with van der Waals surface area (Å²) >= 11 is 0. The Morgan fingerprint density at radius 3 is 2.84 bits per heavy atom. The number of carbonyl (C=O) groups excluding carboxylic acids is 1. The Morgan fingerprint density at radius 1 is 1.16 bits per heavy atom. The van der Waals surface area contributed by atoms with Crippen LogP contribution in [0.25, 0.3) is 10.8 Å². The lowest BCUT2D eigenvalue weighted by atomic mass is 9.98. The summed E-state index contributed by atoms with van der Waals surface area (Å²) in [4.78, 5) is 12.3. The van der Waals surface area contributed by atoms with Gasteiger partial charge in [-0.3, -0.25) is 4.79 Å². The maximum Gasteiger partial charge on any atom is 0.228 e. The van der Waals surface area contributed by atoms with E-state index in [0.717, 1.165) is 42.4 Å². The fourth-order valence-electron chi connectivity index (χ4n) is 2.64. The smallest absolute Gasteiger partial charge is 0.228 e. The highest BCUT2D eigenvalue weighted by molar-refractivity contribution is 6.02. The fourth-order valence-corrected chi connectivity index (χ4v) is 2.64. The third-order valence-corrected chi connectivity index (χ3v) is 3.72. The summed E-state index contributed by atoms with van der Waals surface area (Å²) in [6.07, 6.45) is 2.05. The van der Waals surface area contributed by atoms with Crippen LogP contribution in [0.5, 0.6) is 0 Å². The molecule has 19 heavy (non-hydrogen) atoms. The van der Waals surface area contributed by atoms with Crippen LogP contribution in [0, 0.1) is 5.92 Å². The first-order chi connectivity index (χ1) is 9.34. The van der Waals surface area contributed by atoms with Crippen LogP contribution in [0.1, 0.15) is 12.8 Å². The van der Waals surface area contributed by atoms with Crippen molar-refractivity contribution in [3.05, 3.63) is 42.5 Å². The number of piperidine rings is 1. The zero-order valence-corrected chi connectivity index (χ0v) is 10.9. The summed E-state index contributed by atoms with van der Waals surface area (Å²) in [5.41, 5.74) is 0.911. The molecule has 1 atom stereocenters. The van der Waals surface area contributed by atoms with Gasteiger partial charge < -0.3 is 10.6 Å². The number of amides is 1. The SMILES string of the molecule is O=C(Nc1cccc2ccccc12)C1CCCNC1. The van der Waals surface area contributed by atoms with Gasteiger partial charge in [-0.05, 0) is 30.8 Å². The van der Waals surface area contributed by atoms with E-state index in [9.17, 15) is 4.79 Å². The van der Waals surface area contributed by atoms with Crippen molar-refractivity contribution in [3.63, 3.8) is 0 Å². The van der Waals surface area contributed by atoms with Crippen molar-refractivity contribution in [2.24, 2.45) is 5.92 Å². The van der Waals surface area contributed by atoms with Gasteiger partial charge in [-0.1, -0.05) is 36.4 Å². The lowest BCUT2D eigenvalue weighted by Crippen LogP contribution is -2.37. The van der Waals surface area contributed by atoms with Crippen LogP contribution in [-0.4, -0.2) is 19.0 Å². The van der Waals surface area contributed by atoms with E-state index in [4.69, 9.17) is 0 Å². The second kappa shape index (κ2) is 5.41. The largest absolute Gasteiger partial charge is 0.325 e. The molecule has 1 aliphatic heterocycles. The average Bonchev–Trinajstić information content (AvgIpc) is 2.48. The molecule has 2 N–H and O–H groups in total. The molecule has 1 fully saturated rings. The minimum absolute atomic E-state index is 0.0905. The Morgan fingerprint density at radius 2 is 2.00 bits per heavy atom. The number of hydrogen-bond acceptors (Lipinski definition) is 2. The van der Waals surface area contributed by atoms with Crippen LogP contribution in [0.15, 0.2) is 42.5 Å². The molecule has 3 nitrogen and oxygen atoms in total. The Kier molecular flexibility index (Phi) is 3.47. The van der Waals surface area contributed by atoms with Gasteiger partial charge >= 0.3 is 0 Å². The molecule has 2 aromatic rings. The number of nitrogens with one attached hydrogen (secondary N) is 2. The summed E-state index contributed by atoms with van der Waals surface area (Å²) in [6, 6.07) is 14.1. The molecule has 0 bridgehead atoms. The van der Waals surface area contributed by atoms with Crippen molar-refractivity contribution in [2.75, 3.05) is 18.4 Å². The third kappa shape index (κ3) is 2.61. The summed E-state index contributed by atoms with van der Waals surface area (Å²) < 4.78 is 0. The van der Waals surface area contributed by atoms with Gasteiger partial charge in [-0.2, -0.15) is 0 Å². The molecule has 1 unspecified atom stereocenters. The Balaban J connectivity index is 1.82. The maximum absolute atomic E-state index is 12.3. The van der Waals surface area contributed by atoms with E-state index in [-0.39, 0.29) is 11.8 Å². The molecule has 2 aromatic carbocycles. The molecule has 1 saturated heterocycles. The Bertz CT molecular complexity index is 583. The van der Waals surface area contributed by atoms with Crippen LogP contribution in [0.2, 0.25) is 0 Å². The Labute approximate surface area is 113 Å². The normalized spacial score (nSPS) is 19.3. The predicted octanol–water partition coefficient (Wildman–Crippen LogP) is 2.78. The summed E-state index contributed by atoms with van der Waals surface area (Å²) in [6.45, 7) is 1.81. The molecular formula is C16H18N2O. The van der Waals surface area contributed by atoms with Crippen molar-refractivity contribution in [1.82, 2.24) is 5.32 Å².